The van der Waals surface area contributed by atoms with Crippen LogP contribution in [0.15, 0.2) is 0 Å². The van der Waals surface area contributed by atoms with Crippen molar-refractivity contribution >= 4 is 11.6 Å². The molecule has 11 heavy (non-hydrogen) atoms. The van der Waals surface area contributed by atoms with Crippen LogP contribution in [0.2, 0.25) is 0 Å². The highest BCUT2D eigenvalue weighted by atomic mass is 35.5. The molecule has 3 heteroatoms. The number of rotatable bonds is 6. The highest BCUT2D eigenvalue weighted by Crippen LogP contribution is 2.31. The molecule has 1 aliphatic carbocycles. The Hall–Kier alpha value is 0.210. The van der Waals surface area contributed by atoms with Gasteiger partial charge in [-0.2, -0.15) is 0 Å². The standard InChI is InChI=1S/C8H15ClO2/c9-5-8(10)6-11-4-3-7-1-2-7/h7-8,10H,1-6H2. The maximum atomic E-state index is 8.98. The van der Waals surface area contributed by atoms with Gasteiger partial charge in [-0.1, -0.05) is 12.8 Å². The summed E-state index contributed by atoms with van der Waals surface area (Å²) in [6.45, 7) is 1.16. The van der Waals surface area contributed by atoms with Crippen molar-refractivity contribution in [1.82, 2.24) is 0 Å². The van der Waals surface area contributed by atoms with Crippen LogP contribution in [0.1, 0.15) is 19.3 Å². The molecule has 1 fully saturated rings. The van der Waals surface area contributed by atoms with Crippen molar-refractivity contribution in [2.45, 2.75) is 25.4 Å². The third-order valence-corrected chi connectivity index (χ3v) is 2.21. The van der Waals surface area contributed by atoms with Gasteiger partial charge >= 0.3 is 0 Å². The number of hydrogen-bond acceptors (Lipinski definition) is 2. The summed E-state index contributed by atoms with van der Waals surface area (Å²) in [5, 5.41) is 8.98. The monoisotopic (exact) mass is 178 g/mol. The molecule has 0 saturated heterocycles. The van der Waals surface area contributed by atoms with E-state index in [-0.39, 0.29) is 5.88 Å². The molecule has 0 heterocycles. The van der Waals surface area contributed by atoms with Gasteiger partial charge in [0.25, 0.3) is 0 Å². The Morgan fingerprint density at radius 2 is 2.27 bits per heavy atom. The molecule has 0 aromatic heterocycles. The van der Waals surface area contributed by atoms with Gasteiger partial charge in [0.05, 0.1) is 18.6 Å². The van der Waals surface area contributed by atoms with Gasteiger partial charge in [0.1, 0.15) is 0 Å². The first-order chi connectivity index (χ1) is 5.33. The molecular formula is C8H15ClO2. The van der Waals surface area contributed by atoms with Gasteiger partial charge in [-0.05, 0) is 12.3 Å². The Labute approximate surface area is 72.5 Å². The number of aliphatic hydroxyl groups excluding tert-OH is 1. The van der Waals surface area contributed by atoms with E-state index in [4.69, 9.17) is 21.4 Å². The molecule has 2 nitrogen and oxygen atoms in total. The summed E-state index contributed by atoms with van der Waals surface area (Å²) in [6.07, 6.45) is 3.38. The van der Waals surface area contributed by atoms with E-state index < -0.39 is 6.10 Å². The Bertz CT molecular complexity index is 104. The zero-order chi connectivity index (χ0) is 8.10. The summed E-state index contributed by atoms with van der Waals surface area (Å²) >= 11 is 5.38. The van der Waals surface area contributed by atoms with Gasteiger partial charge in [-0.3, -0.25) is 0 Å². The zero-order valence-electron chi connectivity index (χ0n) is 6.63. The minimum atomic E-state index is -0.490. The molecule has 0 aromatic rings. The Morgan fingerprint density at radius 1 is 1.55 bits per heavy atom. The van der Waals surface area contributed by atoms with E-state index in [0.29, 0.717) is 6.61 Å². The molecule has 66 valence electrons. The molecule has 1 atom stereocenters. The summed E-state index contributed by atoms with van der Waals surface area (Å²) in [5.74, 6) is 1.17. The number of ether oxygens (including phenoxy) is 1. The lowest BCUT2D eigenvalue weighted by atomic mass is 10.3. The predicted octanol–water partition coefficient (Wildman–Crippen LogP) is 1.40. The van der Waals surface area contributed by atoms with Crippen LogP contribution in [0.4, 0.5) is 0 Å². The van der Waals surface area contributed by atoms with Crippen LogP contribution in [-0.4, -0.2) is 30.3 Å². The molecule has 0 spiro atoms. The normalized spacial score (nSPS) is 20.2. The number of alkyl halides is 1. The van der Waals surface area contributed by atoms with Gasteiger partial charge < -0.3 is 9.84 Å². The van der Waals surface area contributed by atoms with E-state index in [2.05, 4.69) is 0 Å². The smallest absolute Gasteiger partial charge is 0.0908 e. The first-order valence-electron chi connectivity index (χ1n) is 4.14. The Balaban J connectivity index is 1.79. The quantitative estimate of drug-likeness (QED) is 0.492. The van der Waals surface area contributed by atoms with E-state index in [1.54, 1.807) is 0 Å². The average Bonchev–Trinajstić information content (AvgIpc) is 2.81. The maximum Gasteiger partial charge on any atom is 0.0908 e. The fourth-order valence-corrected chi connectivity index (χ4v) is 1.01. The van der Waals surface area contributed by atoms with E-state index >= 15 is 0 Å². The lowest BCUT2D eigenvalue weighted by Crippen LogP contribution is -2.17. The summed E-state index contributed by atoms with van der Waals surface area (Å²) < 4.78 is 5.20. The maximum absolute atomic E-state index is 8.98. The van der Waals surface area contributed by atoms with Crippen molar-refractivity contribution in [3.8, 4) is 0 Å². The third kappa shape index (κ3) is 4.62. The number of aliphatic hydroxyl groups is 1. The molecule has 1 saturated carbocycles. The van der Waals surface area contributed by atoms with Gasteiger partial charge in [0.2, 0.25) is 0 Å². The summed E-state index contributed by atoms with van der Waals surface area (Å²) in [6, 6.07) is 0. The van der Waals surface area contributed by atoms with Crippen LogP contribution in [0, 0.1) is 5.92 Å². The van der Waals surface area contributed by atoms with Gasteiger partial charge in [0, 0.05) is 6.61 Å². The van der Waals surface area contributed by atoms with Gasteiger partial charge in [-0.15, -0.1) is 11.6 Å². The summed E-state index contributed by atoms with van der Waals surface area (Å²) in [7, 11) is 0. The fourth-order valence-electron chi connectivity index (χ4n) is 0.920. The Morgan fingerprint density at radius 3 is 2.82 bits per heavy atom. The van der Waals surface area contributed by atoms with Gasteiger partial charge in [-0.25, -0.2) is 0 Å². The molecule has 1 rings (SSSR count). The first kappa shape index (κ1) is 9.30. The summed E-state index contributed by atoms with van der Waals surface area (Å²) in [5.41, 5.74) is 0. The van der Waals surface area contributed by atoms with Crippen molar-refractivity contribution < 1.29 is 9.84 Å². The van der Waals surface area contributed by atoms with Crippen molar-refractivity contribution in [2.75, 3.05) is 19.1 Å². The van der Waals surface area contributed by atoms with Crippen LogP contribution < -0.4 is 0 Å². The fraction of sp³-hybridized carbons (Fsp3) is 1.00. The second kappa shape index (κ2) is 4.96. The molecular weight excluding hydrogens is 164 g/mol. The van der Waals surface area contributed by atoms with E-state index in [1.807, 2.05) is 0 Å². The molecule has 1 N–H and O–H groups in total. The van der Waals surface area contributed by atoms with Crippen LogP contribution >= 0.6 is 11.6 Å². The van der Waals surface area contributed by atoms with Gasteiger partial charge in [0.15, 0.2) is 0 Å². The molecule has 0 radical (unpaired) electrons. The Kier molecular flexibility index (Phi) is 4.20. The zero-order valence-corrected chi connectivity index (χ0v) is 7.39. The van der Waals surface area contributed by atoms with E-state index in [9.17, 15) is 0 Å². The van der Waals surface area contributed by atoms with Crippen LogP contribution in [0.5, 0.6) is 0 Å². The van der Waals surface area contributed by atoms with E-state index in [0.717, 1.165) is 18.9 Å². The van der Waals surface area contributed by atoms with Crippen LogP contribution in [-0.2, 0) is 4.74 Å². The highest BCUT2D eigenvalue weighted by molar-refractivity contribution is 6.18. The topological polar surface area (TPSA) is 29.5 Å². The molecule has 1 aliphatic rings. The molecule has 0 aromatic carbocycles. The van der Waals surface area contributed by atoms with Crippen LogP contribution in [0.3, 0.4) is 0 Å². The van der Waals surface area contributed by atoms with E-state index in [1.165, 1.54) is 12.8 Å². The van der Waals surface area contributed by atoms with Crippen molar-refractivity contribution in [2.24, 2.45) is 5.92 Å². The third-order valence-electron chi connectivity index (χ3n) is 1.86. The second-order valence-electron chi connectivity index (χ2n) is 3.12. The van der Waals surface area contributed by atoms with Crippen molar-refractivity contribution in [3.05, 3.63) is 0 Å². The lowest BCUT2D eigenvalue weighted by molar-refractivity contribution is 0.0453. The summed E-state index contributed by atoms with van der Waals surface area (Å²) in [4.78, 5) is 0. The SMILES string of the molecule is OC(CCl)COCCC1CC1. The largest absolute Gasteiger partial charge is 0.389 e. The first-order valence-corrected chi connectivity index (χ1v) is 4.68. The van der Waals surface area contributed by atoms with Crippen molar-refractivity contribution in [3.63, 3.8) is 0 Å². The number of halogens is 1. The number of hydrogen-bond donors (Lipinski definition) is 1. The molecule has 0 aliphatic heterocycles. The minimum Gasteiger partial charge on any atom is -0.389 e. The lowest BCUT2D eigenvalue weighted by Gasteiger charge is -2.06. The molecule has 0 bridgehead atoms. The minimum absolute atomic E-state index is 0.267. The molecule has 1 unspecified atom stereocenters. The average molecular weight is 179 g/mol. The van der Waals surface area contributed by atoms with Crippen molar-refractivity contribution in [1.29, 1.82) is 0 Å². The highest BCUT2D eigenvalue weighted by Gasteiger charge is 2.20. The second-order valence-corrected chi connectivity index (χ2v) is 3.42. The van der Waals surface area contributed by atoms with Crippen LogP contribution in [0.25, 0.3) is 0 Å². The molecule has 0 amide bonds. The predicted molar refractivity (Wildman–Crippen MR) is 44.9 cm³/mol.